The van der Waals surface area contributed by atoms with Gasteiger partial charge in [-0.3, -0.25) is 0 Å². The first-order chi connectivity index (χ1) is 6.93. The van der Waals surface area contributed by atoms with Crippen LogP contribution in [0.15, 0.2) is 18.7 Å². The third-order valence-electron chi connectivity index (χ3n) is 2.58. The van der Waals surface area contributed by atoms with Crippen LogP contribution in [0.25, 0.3) is 0 Å². The van der Waals surface area contributed by atoms with Gasteiger partial charge in [0.1, 0.15) is 0 Å². The summed E-state index contributed by atoms with van der Waals surface area (Å²) >= 11 is 0. The van der Waals surface area contributed by atoms with E-state index in [4.69, 9.17) is 0 Å². The summed E-state index contributed by atoms with van der Waals surface area (Å²) in [7, 11) is 0. The summed E-state index contributed by atoms with van der Waals surface area (Å²) in [5.74, 6) is 0. The average molecular weight is 312 g/mol. The number of aryl methyl sites for hydroxylation is 1. The van der Waals surface area contributed by atoms with Gasteiger partial charge >= 0.3 is 0 Å². The van der Waals surface area contributed by atoms with E-state index >= 15 is 0 Å². The predicted molar refractivity (Wildman–Crippen MR) is 77.8 cm³/mol. The third-order valence-corrected chi connectivity index (χ3v) is 2.58. The molecule has 0 aliphatic rings. The number of hydrogen-bond donors (Lipinski definition) is 0. The molecule has 0 saturated carbocycles. The Hall–Kier alpha value is -0.0200. The maximum absolute atomic E-state index is 4.02. The Balaban J connectivity index is 0. The van der Waals surface area contributed by atoms with Crippen molar-refractivity contribution in [3.63, 3.8) is 0 Å². The van der Waals surface area contributed by atoms with Gasteiger partial charge in [-0.2, -0.15) is 0 Å². The van der Waals surface area contributed by atoms with Crippen LogP contribution < -0.4 is 0 Å². The molecule has 2 nitrogen and oxygen atoms in total. The molecule has 0 aromatic carbocycles. The standard InChI is InChI=1S/C12H22N2.BrH.ClH/c1-2-3-4-5-6-7-8-10-14-11-9-13-12-14;;/h9,11-12H,2-8,10H2,1H3;2*1H. The minimum atomic E-state index is 0. The van der Waals surface area contributed by atoms with E-state index in [0.29, 0.717) is 0 Å². The van der Waals surface area contributed by atoms with Gasteiger partial charge in [0.05, 0.1) is 6.33 Å². The van der Waals surface area contributed by atoms with Gasteiger partial charge in [0.15, 0.2) is 0 Å². The average Bonchev–Trinajstić information content (AvgIpc) is 2.69. The van der Waals surface area contributed by atoms with Crippen LogP contribution in [0, 0.1) is 0 Å². The normalized spacial score (nSPS) is 9.31. The van der Waals surface area contributed by atoms with Crippen molar-refractivity contribution in [1.82, 2.24) is 9.55 Å². The third kappa shape index (κ3) is 9.22. The van der Waals surface area contributed by atoms with Crippen molar-refractivity contribution in [3.8, 4) is 0 Å². The maximum Gasteiger partial charge on any atom is 0.0945 e. The van der Waals surface area contributed by atoms with Crippen LogP contribution in [-0.2, 0) is 6.54 Å². The highest BCUT2D eigenvalue weighted by Crippen LogP contribution is 2.07. The molecule has 0 amide bonds. The largest absolute Gasteiger partial charge is 0.337 e. The van der Waals surface area contributed by atoms with E-state index in [0.717, 1.165) is 6.54 Å². The lowest BCUT2D eigenvalue weighted by Gasteiger charge is -2.02. The first-order valence-electron chi connectivity index (χ1n) is 5.89. The molecule has 1 aromatic heterocycles. The van der Waals surface area contributed by atoms with E-state index in [2.05, 4.69) is 16.5 Å². The highest BCUT2D eigenvalue weighted by molar-refractivity contribution is 8.93. The van der Waals surface area contributed by atoms with Crippen LogP contribution >= 0.6 is 29.4 Å². The highest BCUT2D eigenvalue weighted by atomic mass is 79.9. The molecule has 0 aliphatic carbocycles. The number of rotatable bonds is 8. The Labute approximate surface area is 116 Å². The molecule has 1 aromatic rings. The van der Waals surface area contributed by atoms with Gasteiger partial charge in [-0.25, -0.2) is 4.98 Å². The van der Waals surface area contributed by atoms with Crippen LogP contribution in [0.4, 0.5) is 0 Å². The Morgan fingerprint density at radius 1 is 1.00 bits per heavy atom. The van der Waals surface area contributed by atoms with Crippen LogP contribution in [0.3, 0.4) is 0 Å². The zero-order valence-corrected chi connectivity index (χ0v) is 12.6. The topological polar surface area (TPSA) is 17.8 Å². The van der Waals surface area contributed by atoms with Crippen molar-refractivity contribution in [2.45, 2.75) is 58.4 Å². The molecule has 0 bridgehead atoms. The molecule has 0 aliphatic heterocycles. The fourth-order valence-electron chi connectivity index (χ4n) is 1.67. The first kappa shape index (κ1) is 18.3. The van der Waals surface area contributed by atoms with Crippen LogP contribution in [0.1, 0.15) is 51.9 Å². The Bertz CT molecular complexity index is 215. The van der Waals surface area contributed by atoms with E-state index in [1.807, 2.05) is 18.7 Å². The molecule has 1 rings (SSSR count). The van der Waals surface area contributed by atoms with Gasteiger partial charge < -0.3 is 4.57 Å². The first-order valence-corrected chi connectivity index (χ1v) is 5.89. The van der Waals surface area contributed by atoms with Crippen LogP contribution in [0.2, 0.25) is 0 Å². The van der Waals surface area contributed by atoms with Gasteiger partial charge in [-0.05, 0) is 6.42 Å². The summed E-state index contributed by atoms with van der Waals surface area (Å²) < 4.78 is 2.16. The smallest absolute Gasteiger partial charge is 0.0945 e. The fourth-order valence-corrected chi connectivity index (χ4v) is 1.67. The number of unbranched alkanes of at least 4 members (excludes halogenated alkanes) is 6. The van der Waals surface area contributed by atoms with Crippen LogP contribution in [0.5, 0.6) is 0 Å². The Morgan fingerprint density at radius 3 is 2.19 bits per heavy atom. The number of nitrogens with zero attached hydrogens (tertiary/aromatic N) is 2. The van der Waals surface area contributed by atoms with E-state index < -0.39 is 0 Å². The zero-order valence-electron chi connectivity index (χ0n) is 10.1. The molecule has 1 heterocycles. The SMILES string of the molecule is Br.CCCCCCCCCn1ccnc1.Cl. The summed E-state index contributed by atoms with van der Waals surface area (Å²) in [4.78, 5) is 4.02. The maximum atomic E-state index is 4.02. The second-order valence-electron chi connectivity index (χ2n) is 3.92. The molecule has 0 saturated heterocycles. The Morgan fingerprint density at radius 2 is 1.62 bits per heavy atom. The lowest BCUT2D eigenvalue weighted by molar-refractivity contribution is 0.550. The van der Waals surface area contributed by atoms with Crippen molar-refractivity contribution in [2.24, 2.45) is 0 Å². The highest BCUT2D eigenvalue weighted by Gasteiger charge is 1.91. The van der Waals surface area contributed by atoms with E-state index in [9.17, 15) is 0 Å². The molecule has 0 fully saturated rings. The fraction of sp³-hybridized carbons (Fsp3) is 0.750. The molecule has 0 atom stereocenters. The van der Waals surface area contributed by atoms with Crippen molar-refractivity contribution in [1.29, 1.82) is 0 Å². The van der Waals surface area contributed by atoms with E-state index in [1.165, 1.54) is 44.9 Å². The lowest BCUT2D eigenvalue weighted by Crippen LogP contribution is -1.93. The zero-order chi connectivity index (χ0) is 10.1. The van der Waals surface area contributed by atoms with Crippen LogP contribution in [-0.4, -0.2) is 9.55 Å². The summed E-state index contributed by atoms with van der Waals surface area (Å²) in [6.07, 6.45) is 15.4. The van der Waals surface area contributed by atoms with Gasteiger partial charge in [-0.15, -0.1) is 29.4 Å². The van der Waals surface area contributed by atoms with Crippen molar-refractivity contribution in [2.75, 3.05) is 0 Å². The summed E-state index contributed by atoms with van der Waals surface area (Å²) in [5, 5.41) is 0. The summed E-state index contributed by atoms with van der Waals surface area (Å²) in [5.41, 5.74) is 0. The minimum Gasteiger partial charge on any atom is -0.337 e. The van der Waals surface area contributed by atoms with E-state index in [-0.39, 0.29) is 29.4 Å². The molecule has 0 spiro atoms. The molecule has 16 heavy (non-hydrogen) atoms. The second-order valence-corrected chi connectivity index (χ2v) is 3.92. The monoisotopic (exact) mass is 310 g/mol. The molecule has 0 unspecified atom stereocenters. The summed E-state index contributed by atoms with van der Waals surface area (Å²) in [6.45, 7) is 3.40. The molecular formula is C12H24BrClN2. The molecular weight excluding hydrogens is 288 g/mol. The summed E-state index contributed by atoms with van der Waals surface area (Å²) in [6, 6.07) is 0. The van der Waals surface area contributed by atoms with E-state index in [1.54, 1.807) is 0 Å². The molecule has 0 N–H and O–H groups in total. The number of hydrogen-bond acceptors (Lipinski definition) is 1. The molecule has 0 radical (unpaired) electrons. The number of aromatic nitrogens is 2. The number of imidazole rings is 1. The second kappa shape index (κ2) is 13.0. The minimum absolute atomic E-state index is 0. The molecule has 4 heteroatoms. The van der Waals surface area contributed by atoms with Gasteiger partial charge in [0, 0.05) is 18.9 Å². The van der Waals surface area contributed by atoms with Gasteiger partial charge in [0.25, 0.3) is 0 Å². The predicted octanol–water partition coefficient (Wildman–Crippen LogP) is 4.63. The van der Waals surface area contributed by atoms with Crippen molar-refractivity contribution in [3.05, 3.63) is 18.7 Å². The lowest BCUT2D eigenvalue weighted by atomic mass is 10.1. The quantitative estimate of drug-likeness (QED) is 0.640. The van der Waals surface area contributed by atoms with Crippen molar-refractivity contribution < 1.29 is 0 Å². The number of halogens is 2. The van der Waals surface area contributed by atoms with Gasteiger partial charge in [0.2, 0.25) is 0 Å². The van der Waals surface area contributed by atoms with Crippen molar-refractivity contribution >= 4 is 29.4 Å². The Kier molecular flexibility index (Phi) is 15.0. The van der Waals surface area contributed by atoms with Gasteiger partial charge in [-0.1, -0.05) is 45.4 Å². The molecule has 96 valence electrons.